The lowest BCUT2D eigenvalue weighted by molar-refractivity contribution is 0.0994. The molecule has 0 bridgehead atoms. The maximum absolute atomic E-state index is 10.9. The number of hydrogen-bond acceptors (Lipinski definition) is 4. The summed E-state index contributed by atoms with van der Waals surface area (Å²) in [5, 5.41) is 7.95. The van der Waals surface area contributed by atoms with Gasteiger partial charge in [-0.15, -0.1) is 10.2 Å². The second-order valence-electron chi connectivity index (χ2n) is 5.01. The lowest BCUT2D eigenvalue weighted by atomic mass is 9.86. The van der Waals surface area contributed by atoms with E-state index in [9.17, 15) is 4.79 Å². The smallest absolute Gasteiger partial charge is 0.269 e. The van der Waals surface area contributed by atoms with Crippen molar-refractivity contribution in [3.05, 3.63) is 30.0 Å². The Morgan fingerprint density at radius 3 is 2.33 bits per heavy atom. The summed E-state index contributed by atoms with van der Waals surface area (Å²) in [6, 6.07) is 3.47. The topological polar surface area (TPSA) is 72.1 Å². The summed E-state index contributed by atoms with van der Waals surface area (Å²) in [5.41, 5.74) is 5.37. The van der Waals surface area contributed by atoms with Gasteiger partial charge in [0.25, 0.3) is 5.91 Å². The van der Waals surface area contributed by atoms with Gasteiger partial charge in [-0.1, -0.05) is 12.2 Å². The highest BCUT2D eigenvalue weighted by Gasteiger charge is 2.33. The van der Waals surface area contributed by atoms with Crippen LogP contribution in [0.5, 0.6) is 0 Å². The number of anilines is 1. The van der Waals surface area contributed by atoms with E-state index < -0.39 is 5.91 Å². The van der Waals surface area contributed by atoms with Crippen molar-refractivity contribution in [1.82, 2.24) is 10.2 Å². The molecule has 1 amide bonds. The van der Waals surface area contributed by atoms with Crippen molar-refractivity contribution in [2.24, 2.45) is 17.6 Å². The van der Waals surface area contributed by atoms with Crippen LogP contribution in [0.15, 0.2) is 24.3 Å². The van der Waals surface area contributed by atoms with E-state index in [0.29, 0.717) is 0 Å². The van der Waals surface area contributed by atoms with Crippen LogP contribution in [0.3, 0.4) is 0 Å². The van der Waals surface area contributed by atoms with E-state index in [2.05, 4.69) is 27.2 Å². The Morgan fingerprint density at radius 1 is 1.17 bits per heavy atom. The molecule has 1 aliphatic carbocycles. The van der Waals surface area contributed by atoms with Gasteiger partial charge in [0.05, 0.1) is 0 Å². The van der Waals surface area contributed by atoms with Crippen LogP contribution in [-0.2, 0) is 0 Å². The fourth-order valence-corrected chi connectivity index (χ4v) is 2.83. The Hall–Kier alpha value is -1.91. The van der Waals surface area contributed by atoms with Crippen molar-refractivity contribution in [3.63, 3.8) is 0 Å². The molecule has 3 rings (SSSR count). The van der Waals surface area contributed by atoms with Crippen LogP contribution in [0.4, 0.5) is 5.82 Å². The molecule has 2 atom stereocenters. The fourth-order valence-electron chi connectivity index (χ4n) is 2.83. The molecule has 1 aliphatic heterocycles. The Labute approximate surface area is 106 Å². The lowest BCUT2D eigenvalue weighted by Crippen LogP contribution is -2.22. The Balaban J connectivity index is 1.74. The molecule has 1 fully saturated rings. The summed E-state index contributed by atoms with van der Waals surface area (Å²) >= 11 is 0. The van der Waals surface area contributed by atoms with Crippen molar-refractivity contribution >= 4 is 11.7 Å². The minimum absolute atomic E-state index is 0.219. The predicted molar refractivity (Wildman–Crippen MR) is 68.1 cm³/mol. The van der Waals surface area contributed by atoms with E-state index in [-0.39, 0.29) is 5.69 Å². The van der Waals surface area contributed by atoms with Gasteiger partial charge in [-0.2, -0.15) is 0 Å². The summed E-state index contributed by atoms with van der Waals surface area (Å²) in [4.78, 5) is 13.2. The first-order valence-electron chi connectivity index (χ1n) is 6.27. The molecule has 5 heteroatoms. The summed E-state index contributed by atoms with van der Waals surface area (Å²) in [5.74, 6) is 1.77. The zero-order chi connectivity index (χ0) is 12.5. The number of primary amides is 1. The molecule has 1 aromatic rings. The normalized spacial score (nSPS) is 26.1. The van der Waals surface area contributed by atoms with E-state index in [1.807, 2.05) is 6.07 Å². The number of rotatable bonds is 2. The van der Waals surface area contributed by atoms with Gasteiger partial charge in [0, 0.05) is 13.1 Å². The molecule has 94 valence electrons. The molecule has 0 spiro atoms. The maximum Gasteiger partial charge on any atom is 0.269 e. The summed E-state index contributed by atoms with van der Waals surface area (Å²) < 4.78 is 0. The van der Waals surface area contributed by atoms with E-state index in [4.69, 9.17) is 5.73 Å². The molecular weight excluding hydrogens is 228 g/mol. The number of fused-ring (bicyclic) bond motifs is 1. The van der Waals surface area contributed by atoms with E-state index in [0.717, 1.165) is 43.6 Å². The highest BCUT2D eigenvalue weighted by Crippen LogP contribution is 2.34. The third-order valence-corrected chi connectivity index (χ3v) is 3.85. The molecule has 1 saturated heterocycles. The monoisotopic (exact) mass is 244 g/mol. The Morgan fingerprint density at radius 2 is 1.83 bits per heavy atom. The molecule has 2 heterocycles. The summed E-state index contributed by atoms with van der Waals surface area (Å²) in [6.07, 6.45) is 6.86. The van der Waals surface area contributed by atoms with Gasteiger partial charge in [-0.3, -0.25) is 4.79 Å². The molecule has 1 aromatic heterocycles. The number of carbonyl (C=O) groups is 1. The quantitative estimate of drug-likeness (QED) is 0.787. The standard InChI is InChI=1S/C13H16N4O/c14-13(18)11-5-6-12(16-15-11)17-7-9-3-1-2-4-10(9)8-17/h1-2,5-6,9-10H,3-4,7-8H2,(H2,14,18). The zero-order valence-electron chi connectivity index (χ0n) is 10.1. The van der Waals surface area contributed by atoms with Gasteiger partial charge < -0.3 is 10.6 Å². The highest BCUT2D eigenvalue weighted by atomic mass is 16.1. The number of aromatic nitrogens is 2. The number of carbonyl (C=O) groups excluding carboxylic acids is 1. The molecule has 2 aliphatic rings. The average Bonchev–Trinajstić information content (AvgIpc) is 2.82. The van der Waals surface area contributed by atoms with Gasteiger partial charge in [0.1, 0.15) is 0 Å². The largest absolute Gasteiger partial charge is 0.364 e. The van der Waals surface area contributed by atoms with Gasteiger partial charge in [-0.05, 0) is 36.8 Å². The minimum Gasteiger partial charge on any atom is -0.364 e. The first-order chi connectivity index (χ1) is 8.74. The first-order valence-corrected chi connectivity index (χ1v) is 6.27. The van der Waals surface area contributed by atoms with Crippen LogP contribution in [0.25, 0.3) is 0 Å². The minimum atomic E-state index is -0.534. The van der Waals surface area contributed by atoms with Crippen LogP contribution in [0, 0.1) is 11.8 Å². The van der Waals surface area contributed by atoms with Crippen molar-refractivity contribution < 1.29 is 4.79 Å². The number of hydrogen-bond donors (Lipinski definition) is 1. The van der Waals surface area contributed by atoms with Crippen molar-refractivity contribution in [2.45, 2.75) is 12.8 Å². The maximum atomic E-state index is 10.9. The first kappa shape index (κ1) is 11.2. The second kappa shape index (κ2) is 4.40. The second-order valence-corrected chi connectivity index (χ2v) is 5.01. The van der Waals surface area contributed by atoms with E-state index in [1.165, 1.54) is 0 Å². The molecule has 2 unspecified atom stereocenters. The van der Waals surface area contributed by atoms with Gasteiger partial charge in [0.2, 0.25) is 0 Å². The Kier molecular flexibility index (Phi) is 2.74. The highest BCUT2D eigenvalue weighted by molar-refractivity contribution is 5.90. The van der Waals surface area contributed by atoms with Crippen molar-refractivity contribution in [1.29, 1.82) is 0 Å². The molecule has 0 aromatic carbocycles. The molecule has 0 saturated carbocycles. The van der Waals surface area contributed by atoms with Gasteiger partial charge in [0.15, 0.2) is 11.5 Å². The third-order valence-electron chi connectivity index (χ3n) is 3.85. The van der Waals surface area contributed by atoms with E-state index in [1.54, 1.807) is 6.07 Å². The average molecular weight is 244 g/mol. The SMILES string of the molecule is NC(=O)c1ccc(N2CC3CC=CCC3C2)nn1. The van der Waals surface area contributed by atoms with E-state index >= 15 is 0 Å². The van der Waals surface area contributed by atoms with Gasteiger partial charge in [-0.25, -0.2) is 0 Å². The Bertz CT molecular complexity index is 466. The molecular formula is C13H16N4O. The molecule has 18 heavy (non-hydrogen) atoms. The predicted octanol–water partition coefficient (Wildman–Crippen LogP) is 0.978. The molecule has 2 N–H and O–H groups in total. The number of allylic oxidation sites excluding steroid dienone is 2. The van der Waals surface area contributed by atoms with Crippen molar-refractivity contribution in [3.8, 4) is 0 Å². The van der Waals surface area contributed by atoms with Crippen molar-refractivity contribution in [2.75, 3.05) is 18.0 Å². The van der Waals surface area contributed by atoms with Crippen LogP contribution < -0.4 is 10.6 Å². The van der Waals surface area contributed by atoms with Crippen LogP contribution in [0.1, 0.15) is 23.3 Å². The van der Waals surface area contributed by atoms with Crippen LogP contribution in [0.2, 0.25) is 0 Å². The number of nitrogens with two attached hydrogens (primary N) is 1. The summed E-state index contributed by atoms with van der Waals surface area (Å²) in [7, 11) is 0. The number of nitrogens with zero attached hydrogens (tertiary/aromatic N) is 3. The molecule has 0 radical (unpaired) electrons. The number of amides is 1. The third kappa shape index (κ3) is 1.96. The van der Waals surface area contributed by atoms with Crippen LogP contribution in [-0.4, -0.2) is 29.2 Å². The zero-order valence-corrected chi connectivity index (χ0v) is 10.1. The summed E-state index contributed by atoms with van der Waals surface area (Å²) in [6.45, 7) is 2.05. The van der Waals surface area contributed by atoms with Crippen LogP contribution >= 0.6 is 0 Å². The van der Waals surface area contributed by atoms with Gasteiger partial charge >= 0.3 is 0 Å². The fraction of sp³-hybridized carbons (Fsp3) is 0.462. The molecule has 5 nitrogen and oxygen atoms in total. The lowest BCUT2D eigenvalue weighted by Gasteiger charge is -2.17.